The third-order valence-corrected chi connectivity index (χ3v) is 4.40. The van der Waals surface area contributed by atoms with Gasteiger partial charge in [0.05, 0.1) is 12.1 Å². The van der Waals surface area contributed by atoms with Gasteiger partial charge in [0.1, 0.15) is 11.5 Å². The first-order valence-corrected chi connectivity index (χ1v) is 8.15. The Morgan fingerprint density at radius 2 is 1.75 bits per heavy atom. The Kier molecular flexibility index (Phi) is 5.97. The molecule has 4 nitrogen and oxygen atoms in total. The Morgan fingerprint density at radius 1 is 1.12 bits per heavy atom. The largest absolute Gasteiger partial charge is 0.495 e. The Bertz CT molecular complexity index is 739. The van der Waals surface area contributed by atoms with Gasteiger partial charge in [-0.1, -0.05) is 23.2 Å². The SMILES string of the molecule is COc1ccc(NC(=O)[C@@H](C)Oc2cc(C)c(Cl)c(C)c2)cc1Cl. The van der Waals surface area contributed by atoms with E-state index in [2.05, 4.69) is 5.32 Å². The molecule has 2 aromatic rings. The lowest BCUT2D eigenvalue weighted by atomic mass is 10.1. The van der Waals surface area contributed by atoms with Crippen molar-refractivity contribution in [2.45, 2.75) is 26.9 Å². The molecule has 0 aromatic heterocycles. The maximum Gasteiger partial charge on any atom is 0.265 e. The van der Waals surface area contributed by atoms with Crippen molar-refractivity contribution in [3.63, 3.8) is 0 Å². The number of anilines is 1. The van der Waals surface area contributed by atoms with Crippen molar-refractivity contribution in [1.82, 2.24) is 0 Å². The van der Waals surface area contributed by atoms with Crippen molar-refractivity contribution in [3.8, 4) is 11.5 Å². The van der Waals surface area contributed by atoms with Crippen LogP contribution in [0.15, 0.2) is 30.3 Å². The number of rotatable bonds is 5. The summed E-state index contributed by atoms with van der Waals surface area (Å²) >= 11 is 12.2. The number of hydrogen-bond acceptors (Lipinski definition) is 3. The molecule has 128 valence electrons. The predicted molar refractivity (Wildman–Crippen MR) is 97.6 cm³/mol. The van der Waals surface area contributed by atoms with E-state index in [-0.39, 0.29) is 5.91 Å². The Morgan fingerprint density at radius 3 is 2.29 bits per heavy atom. The predicted octanol–water partition coefficient (Wildman–Crippen LogP) is 5.02. The van der Waals surface area contributed by atoms with Crippen molar-refractivity contribution in [2.75, 3.05) is 12.4 Å². The number of halogens is 2. The van der Waals surface area contributed by atoms with Crippen LogP contribution in [0.4, 0.5) is 5.69 Å². The number of benzene rings is 2. The highest BCUT2D eigenvalue weighted by Crippen LogP contribution is 2.28. The van der Waals surface area contributed by atoms with E-state index in [1.807, 2.05) is 26.0 Å². The molecule has 0 aliphatic rings. The molecule has 0 radical (unpaired) electrons. The number of aryl methyl sites for hydroxylation is 2. The fraction of sp³-hybridized carbons (Fsp3) is 0.278. The maximum absolute atomic E-state index is 12.3. The van der Waals surface area contributed by atoms with Gasteiger partial charge in [-0.15, -0.1) is 0 Å². The molecule has 0 spiro atoms. The van der Waals surface area contributed by atoms with Crippen molar-refractivity contribution < 1.29 is 14.3 Å². The van der Waals surface area contributed by atoms with Crippen molar-refractivity contribution in [2.24, 2.45) is 0 Å². The summed E-state index contributed by atoms with van der Waals surface area (Å²) in [5.74, 6) is 0.873. The molecule has 2 rings (SSSR count). The molecule has 0 bridgehead atoms. The first kappa shape index (κ1) is 18.4. The fourth-order valence-corrected chi connectivity index (χ4v) is 2.59. The molecule has 0 heterocycles. The first-order chi connectivity index (χ1) is 11.3. The Hall–Kier alpha value is -1.91. The standard InChI is InChI=1S/C18H19Cl2NO3/c1-10-7-14(8-11(2)17(10)20)24-12(3)18(22)21-13-5-6-16(23-4)15(19)9-13/h5-9,12H,1-4H3,(H,21,22)/t12-/m1/s1. The summed E-state index contributed by atoms with van der Waals surface area (Å²) < 4.78 is 10.8. The third-order valence-electron chi connectivity index (χ3n) is 3.51. The zero-order valence-corrected chi connectivity index (χ0v) is 15.5. The van der Waals surface area contributed by atoms with Crippen LogP contribution in [0.1, 0.15) is 18.1 Å². The Labute approximate surface area is 151 Å². The second-order valence-corrected chi connectivity index (χ2v) is 6.25. The first-order valence-electron chi connectivity index (χ1n) is 7.39. The smallest absolute Gasteiger partial charge is 0.265 e. The van der Waals surface area contributed by atoms with Gasteiger partial charge in [0.2, 0.25) is 0 Å². The van der Waals surface area contributed by atoms with E-state index in [0.29, 0.717) is 27.2 Å². The minimum atomic E-state index is -0.675. The molecule has 0 saturated heterocycles. The lowest BCUT2D eigenvalue weighted by Crippen LogP contribution is -2.30. The van der Waals surface area contributed by atoms with Crippen LogP contribution in [-0.4, -0.2) is 19.1 Å². The number of carbonyl (C=O) groups is 1. The van der Waals surface area contributed by atoms with Crippen LogP contribution in [0.3, 0.4) is 0 Å². The number of nitrogens with one attached hydrogen (secondary N) is 1. The highest BCUT2D eigenvalue weighted by atomic mass is 35.5. The summed E-state index contributed by atoms with van der Waals surface area (Å²) in [6, 6.07) is 8.65. The Balaban J connectivity index is 2.06. The van der Waals surface area contributed by atoms with E-state index >= 15 is 0 Å². The number of carbonyl (C=O) groups excluding carboxylic acids is 1. The van der Waals surface area contributed by atoms with Gasteiger partial charge >= 0.3 is 0 Å². The number of methoxy groups -OCH3 is 1. The summed E-state index contributed by atoms with van der Waals surface area (Å²) in [5, 5.41) is 3.89. The third kappa shape index (κ3) is 4.34. The molecule has 1 atom stereocenters. The molecular formula is C18H19Cl2NO3. The lowest BCUT2D eigenvalue weighted by Gasteiger charge is -2.16. The topological polar surface area (TPSA) is 47.6 Å². The second-order valence-electron chi connectivity index (χ2n) is 5.47. The van der Waals surface area contributed by atoms with Crippen LogP contribution in [0.2, 0.25) is 10.0 Å². The van der Waals surface area contributed by atoms with Crippen molar-refractivity contribution >= 4 is 34.8 Å². The molecule has 0 aliphatic carbocycles. The van der Waals surface area contributed by atoms with Crippen LogP contribution in [0, 0.1) is 13.8 Å². The zero-order chi connectivity index (χ0) is 17.9. The number of amides is 1. The summed E-state index contributed by atoms with van der Waals surface area (Å²) in [6.45, 7) is 5.47. The molecule has 1 amide bonds. The quantitative estimate of drug-likeness (QED) is 0.806. The van der Waals surface area contributed by atoms with Crippen molar-refractivity contribution in [1.29, 1.82) is 0 Å². The van der Waals surface area contributed by atoms with E-state index in [9.17, 15) is 4.79 Å². The van der Waals surface area contributed by atoms with Crippen molar-refractivity contribution in [3.05, 3.63) is 51.5 Å². The van der Waals surface area contributed by atoms with Crippen LogP contribution in [-0.2, 0) is 4.79 Å². The average molecular weight is 368 g/mol. The summed E-state index contributed by atoms with van der Waals surface area (Å²) in [7, 11) is 1.53. The average Bonchev–Trinajstić information content (AvgIpc) is 2.52. The second kappa shape index (κ2) is 7.77. The molecule has 2 aromatic carbocycles. The molecule has 6 heteroatoms. The van der Waals surface area contributed by atoms with Gasteiger partial charge in [-0.3, -0.25) is 4.79 Å². The van der Waals surface area contributed by atoms with E-state index in [1.54, 1.807) is 25.1 Å². The van der Waals surface area contributed by atoms with Gasteiger partial charge < -0.3 is 14.8 Å². The van der Waals surface area contributed by atoms with Crippen LogP contribution >= 0.6 is 23.2 Å². The van der Waals surface area contributed by atoms with Crippen LogP contribution < -0.4 is 14.8 Å². The minimum Gasteiger partial charge on any atom is -0.495 e. The molecule has 0 fully saturated rings. The van der Waals surface area contributed by atoms with Crippen LogP contribution in [0.5, 0.6) is 11.5 Å². The maximum atomic E-state index is 12.3. The lowest BCUT2D eigenvalue weighted by molar-refractivity contribution is -0.122. The number of hydrogen-bond donors (Lipinski definition) is 1. The van der Waals surface area contributed by atoms with Gasteiger partial charge in [0.15, 0.2) is 6.10 Å². The molecule has 0 unspecified atom stereocenters. The van der Waals surface area contributed by atoms with Gasteiger partial charge in [-0.25, -0.2) is 0 Å². The normalized spacial score (nSPS) is 11.8. The fourth-order valence-electron chi connectivity index (χ4n) is 2.22. The van der Waals surface area contributed by atoms with Gasteiger partial charge in [0.25, 0.3) is 5.91 Å². The summed E-state index contributed by atoms with van der Waals surface area (Å²) in [6.07, 6.45) is -0.675. The van der Waals surface area contributed by atoms with Gasteiger partial charge in [-0.05, 0) is 62.2 Å². The van der Waals surface area contributed by atoms with E-state index in [0.717, 1.165) is 11.1 Å². The summed E-state index contributed by atoms with van der Waals surface area (Å²) in [5.41, 5.74) is 2.38. The molecule has 0 saturated carbocycles. The highest BCUT2D eigenvalue weighted by molar-refractivity contribution is 6.32. The minimum absolute atomic E-state index is 0.276. The monoisotopic (exact) mass is 367 g/mol. The van der Waals surface area contributed by atoms with E-state index < -0.39 is 6.10 Å². The van der Waals surface area contributed by atoms with E-state index in [1.165, 1.54) is 7.11 Å². The molecule has 1 N–H and O–H groups in total. The molecular weight excluding hydrogens is 349 g/mol. The summed E-state index contributed by atoms with van der Waals surface area (Å²) in [4.78, 5) is 12.3. The van der Waals surface area contributed by atoms with E-state index in [4.69, 9.17) is 32.7 Å². The number of ether oxygens (including phenoxy) is 2. The van der Waals surface area contributed by atoms with Gasteiger partial charge in [0, 0.05) is 10.7 Å². The van der Waals surface area contributed by atoms with Crippen LogP contribution in [0.25, 0.3) is 0 Å². The van der Waals surface area contributed by atoms with Gasteiger partial charge in [-0.2, -0.15) is 0 Å². The highest BCUT2D eigenvalue weighted by Gasteiger charge is 2.16. The molecule has 24 heavy (non-hydrogen) atoms. The molecule has 0 aliphatic heterocycles. The zero-order valence-electron chi connectivity index (χ0n) is 13.9.